The number of hydrogen-bond acceptors (Lipinski definition) is 3. The molecule has 2 N–H and O–H groups in total. The number of rotatable bonds is 2. The first-order valence-corrected chi connectivity index (χ1v) is 3.79. The quantitative estimate of drug-likeness (QED) is 0.376. The molecule has 1 aliphatic rings. The molecule has 6 nitrogen and oxygen atoms in total. The number of azide groups is 1. The SMILES string of the molecule is [N-]=[N+]=N[C@H]1CC(C(=O)O)=C[C@@H](O)C1. The van der Waals surface area contributed by atoms with Crippen LogP contribution in [0.4, 0.5) is 0 Å². The zero-order valence-electron chi connectivity index (χ0n) is 6.79. The summed E-state index contributed by atoms with van der Waals surface area (Å²) < 4.78 is 0. The number of aliphatic carboxylic acids is 1. The molecular weight excluding hydrogens is 174 g/mol. The highest BCUT2D eigenvalue weighted by molar-refractivity contribution is 5.87. The molecule has 0 aromatic rings. The van der Waals surface area contributed by atoms with E-state index in [4.69, 9.17) is 10.6 Å². The summed E-state index contributed by atoms with van der Waals surface area (Å²) in [6.45, 7) is 0. The Kier molecular flexibility index (Phi) is 2.89. The van der Waals surface area contributed by atoms with Crippen LogP contribution in [0.15, 0.2) is 16.8 Å². The van der Waals surface area contributed by atoms with Gasteiger partial charge in [0.1, 0.15) is 0 Å². The third-order valence-corrected chi connectivity index (χ3v) is 1.85. The van der Waals surface area contributed by atoms with Gasteiger partial charge in [-0.2, -0.15) is 0 Å². The average Bonchev–Trinajstić information content (AvgIpc) is 2.03. The van der Waals surface area contributed by atoms with E-state index >= 15 is 0 Å². The van der Waals surface area contributed by atoms with Gasteiger partial charge in [-0.25, -0.2) is 4.79 Å². The second-order valence-electron chi connectivity index (χ2n) is 2.86. The maximum atomic E-state index is 10.5. The van der Waals surface area contributed by atoms with E-state index in [9.17, 15) is 9.90 Å². The molecule has 0 saturated carbocycles. The monoisotopic (exact) mass is 183 g/mol. The fourth-order valence-electron chi connectivity index (χ4n) is 1.30. The Bertz CT molecular complexity index is 293. The van der Waals surface area contributed by atoms with E-state index in [1.165, 1.54) is 6.08 Å². The molecule has 0 aromatic heterocycles. The summed E-state index contributed by atoms with van der Waals surface area (Å²) in [6, 6.07) is -0.448. The largest absolute Gasteiger partial charge is 0.478 e. The number of aliphatic hydroxyl groups excluding tert-OH is 1. The molecule has 1 aliphatic carbocycles. The van der Waals surface area contributed by atoms with Crippen molar-refractivity contribution in [1.29, 1.82) is 0 Å². The molecule has 13 heavy (non-hydrogen) atoms. The summed E-state index contributed by atoms with van der Waals surface area (Å²) in [5, 5.41) is 21.2. The second-order valence-corrected chi connectivity index (χ2v) is 2.86. The minimum absolute atomic E-state index is 0.108. The summed E-state index contributed by atoms with van der Waals surface area (Å²) in [7, 11) is 0. The van der Waals surface area contributed by atoms with Gasteiger partial charge < -0.3 is 10.2 Å². The van der Waals surface area contributed by atoms with E-state index in [1.807, 2.05) is 0 Å². The fourth-order valence-corrected chi connectivity index (χ4v) is 1.30. The van der Waals surface area contributed by atoms with E-state index in [1.54, 1.807) is 0 Å². The predicted molar refractivity (Wildman–Crippen MR) is 43.9 cm³/mol. The lowest BCUT2D eigenvalue weighted by Crippen LogP contribution is -2.23. The highest BCUT2D eigenvalue weighted by atomic mass is 16.4. The second kappa shape index (κ2) is 3.93. The summed E-state index contributed by atoms with van der Waals surface area (Å²) >= 11 is 0. The van der Waals surface area contributed by atoms with Crippen molar-refractivity contribution in [3.05, 3.63) is 22.1 Å². The lowest BCUT2D eigenvalue weighted by atomic mass is 9.93. The lowest BCUT2D eigenvalue weighted by molar-refractivity contribution is -0.133. The standard InChI is InChI=1S/C7H9N3O3/c8-10-9-5-1-4(7(12)13)2-6(11)3-5/h2,5-6,11H,1,3H2,(H,12,13)/t5-,6+/m0/s1. The van der Waals surface area contributed by atoms with Gasteiger partial charge in [0.05, 0.1) is 6.10 Å². The van der Waals surface area contributed by atoms with E-state index in [2.05, 4.69) is 10.0 Å². The molecule has 6 heteroatoms. The topological polar surface area (TPSA) is 106 Å². The Balaban J connectivity index is 2.78. The van der Waals surface area contributed by atoms with Crippen LogP contribution >= 0.6 is 0 Å². The molecule has 0 radical (unpaired) electrons. The van der Waals surface area contributed by atoms with Crippen molar-refractivity contribution in [3.63, 3.8) is 0 Å². The van der Waals surface area contributed by atoms with Gasteiger partial charge in [-0.15, -0.1) is 0 Å². The van der Waals surface area contributed by atoms with Gasteiger partial charge >= 0.3 is 5.97 Å². The third-order valence-electron chi connectivity index (χ3n) is 1.85. The molecule has 70 valence electrons. The minimum atomic E-state index is -1.07. The first-order valence-electron chi connectivity index (χ1n) is 3.79. The predicted octanol–water partition coefficient (Wildman–Crippen LogP) is 0.831. The molecule has 0 amide bonds. The van der Waals surface area contributed by atoms with Crippen LogP contribution in [-0.4, -0.2) is 28.3 Å². The van der Waals surface area contributed by atoms with Crippen LogP contribution in [0.1, 0.15) is 12.8 Å². The maximum absolute atomic E-state index is 10.5. The summed E-state index contributed by atoms with van der Waals surface area (Å²) in [5.74, 6) is -1.07. The number of nitrogens with zero attached hydrogens (tertiary/aromatic N) is 3. The average molecular weight is 183 g/mol. The Labute approximate surface area is 74.1 Å². The molecule has 0 aliphatic heterocycles. The highest BCUT2D eigenvalue weighted by Crippen LogP contribution is 2.21. The van der Waals surface area contributed by atoms with Crippen molar-refractivity contribution in [2.24, 2.45) is 5.11 Å². The van der Waals surface area contributed by atoms with Crippen molar-refractivity contribution in [2.75, 3.05) is 0 Å². The van der Waals surface area contributed by atoms with Crippen LogP contribution in [0.3, 0.4) is 0 Å². The van der Waals surface area contributed by atoms with Crippen LogP contribution in [0.25, 0.3) is 10.4 Å². The lowest BCUT2D eigenvalue weighted by Gasteiger charge is -2.19. The molecule has 0 heterocycles. The third kappa shape index (κ3) is 2.47. The van der Waals surface area contributed by atoms with Gasteiger partial charge in [-0.1, -0.05) is 5.11 Å². The molecule has 0 fully saturated rings. The number of aliphatic hydroxyl groups is 1. The Morgan fingerprint density at radius 1 is 1.77 bits per heavy atom. The summed E-state index contributed by atoms with van der Waals surface area (Å²) in [6.07, 6.45) is 0.943. The van der Waals surface area contributed by atoms with E-state index in [0.717, 1.165) is 0 Å². The number of carbonyl (C=O) groups is 1. The van der Waals surface area contributed by atoms with Crippen LogP contribution in [0, 0.1) is 0 Å². The first-order chi connectivity index (χ1) is 6.13. The Hall–Kier alpha value is -1.52. The molecule has 0 spiro atoms. The first kappa shape index (κ1) is 9.57. The van der Waals surface area contributed by atoms with E-state index in [-0.39, 0.29) is 12.0 Å². The van der Waals surface area contributed by atoms with Gasteiger partial charge in [-0.05, 0) is 24.4 Å². The van der Waals surface area contributed by atoms with Crippen LogP contribution in [0.2, 0.25) is 0 Å². The van der Waals surface area contributed by atoms with Crippen molar-refractivity contribution < 1.29 is 15.0 Å². The van der Waals surface area contributed by atoms with Gasteiger partial charge in [0.2, 0.25) is 0 Å². The van der Waals surface area contributed by atoms with Gasteiger partial charge in [0.25, 0.3) is 0 Å². The molecule has 0 unspecified atom stereocenters. The number of carboxylic acids is 1. The molecule has 0 saturated heterocycles. The molecule has 0 bridgehead atoms. The number of hydrogen-bond donors (Lipinski definition) is 2. The van der Waals surface area contributed by atoms with Crippen molar-refractivity contribution >= 4 is 5.97 Å². The van der Waals surface area contributed by atoms with Crippen LogP contribution < -0.4 is 0 Å². The van der Waals surface area contributed by atoms with Gasteiger partial charge in [0.15, 0.2) is 0 Å². The van der Waals surface area contributed by atoms with Crippen molar-refractivity contribution in [3.8, 4) is 0 Å². The maximum Gasteiger partial charge on any atom is 0.331 e. The molecular formula is C7H9N3O3. The van der Waals surface area contributed by atoms with E-state index in [0.29, 0.717) is 6.42 Å². The normalized spacial score (nSPS) is 27.3. The summed E-state index contributed by atoms with van der Waals surface area (Å²) in [5.41, 5.74) is 8.25. The van der Waals surface area contributed by atoms with Gasteiger partial charge in [-0.3, -0.25) is 0 Å². The number of carboxylic acid groups (broad SMARTS) is 1. The smallest absolute Gasteiger partial charge is 0.331 e. The Morgan fingerprint density at radius 2 is 2.46 bits per heavy atom. The molecule has 1 rings (SSSR count). The van der Waals surface area contributed by atoms with Crippen molar-refractivity contribution in [2.45, 2.75) is 25.0 Å². The highest BCUT2D eigenvalue weighted by Gasteiger charge is 2.23. The summed E-state index contributed by atoms with van der Waals surface area (Å²) in [4.78, 5) is 13.1. The van der Waals surface area contributed by atoms with E-state index < -0.39 is 18.1 Å². The fraction of sp³-hybridized carbons (Fsp3) is 0.571. The zero-order chi connectivity index (χ0) is 9.84. The van der Waals surface area contributed by atoms with Crippen molar-refractivity contribution in [1.82, 2.24) is 0 Å². The van der Waals surface area contributed by atoms with Crippen LogP contribution in [0.5, 0.6) is 0 Å². The minimum Gasteiger partial charge on any atom is -0.478 e. The van der Waals surface area contributed by atoms with Crippen LogP contribution in [-0.2, 0) is 4.79 Å². The van der Waals surface area contributed by atoms with Gasteiger partial charge in [0, 0.05) is 16.5 Å². The zero-order valence-corrected chi connectivity index (χ0v) is 6.79. The molecule has 2 atom stereocenters. The molecule has 0 aromatic carbocycles. The Morgan fingerprint density at radius 3 is 3.00 bits per heavy atom.